The van der Waals surface area contributed by atoms with Crippen molar-refractivity contribution in [3.63, 3.8) is 0 Å². The number of likely N-dealkylation sites (N-methyl/N-ethyl adjacent to an activating group) is 1. The third kappa shape index (κ3) is 44.0. The maximum absolute atomic E-state index is 12.8. The number of allylic oxidation sites excluding steroid dienone is 10. The number of carboxylic acid groups (broad SMARTS) is 1. The summed E-state index contributed by atoms with van der Waals surface area (Å²) in [6.45, 7) is 4.62. The van der Waals surface area contributed by atoms with Crippen LogP contribution in [0.3, 0.4) is 0 Å². The Morgan fingerprint density at radius 2 is 0.841 bits per heavy atom. The Hall–Kier alpha value is -2.97. The fraction of sp³-hybridized carbons (Fsp3) is 0.764. The summed E-state index contributed by atoms with van der Waals surface area (Å²) in [6.07, 6.45) is 56.7. The molecule has 2 atom stereocenters. The van der Waals surface area contributed by atoms with Crippen LogP contribution in [0, 0.1) is 0 Å². The number of quaternary nitrogens is 1. The van der Waals surface area contributed by atoms with Crippen LogP contribution in [-0.2, 0) is 28.6 Å². The highest BCUT2D eigenvalue weighted by molar-refractivity contribution is 5.70. The molecule has 0 fully saturated rings. The van der Waals surface area contributed by atoms with Crippen molar-refractivity contribution in [3.05, 3.63) is 60.8 Å². The van der Waals surface area contributed by atoms with Gasteiger partial charge in [-0.15, -0.1) is 0 Å². The van der Waals surface area contributed by atoms with E-state index in [1.807, 2.05) is 0 Å². The van der Waals surface area contributed by atoms with Crippen molar-refractivity contribution in [3.8, 4) is 0 Å². The molecule has 0 aliphatic carbocycles. The van der Waals surface area contributed by atoms with Gasteiger partial charge in [-0.2, -0.15) is 0 Å². The highest BCUT2D eigenvalue weighted by Gasteiger charge is 2.25. The number of ether oxygens (including phenoxy) is 3. The van der Waals surface area contributed by atoms with Gasteiger partial charge < -0.3 is 28.6 Å². The average Bonchev–Trinajstić information content (AvgIpc) is 3.24. The third-order valence-electron chi connectivity index (χ3n) is 11.4. The fourth-order valence-corrected chi connectivity index (χ4v) is 7.34. The van der Waals surface area contributed by atoms with Gasteiger partial charge in [-0.05, 0) is 83.5 Å². The second-order valence-electron chi connectivity index (χ2n) is 18.4. The van der Waals surface area contributed by atoms with E-state index in [4.69, 9.17) is 14.2 Å². The predicted molar refractivity (Wildman–Crippen MR) is 263 cm³/mol. The van der Waals surface area contributed by atoms with E-state index in [1.165, 1.54) is 96.3 Å². The van der Waals surface area contributed by atoms with Gasteiger partial charge in [-0.3, -0.25) is 9.59 Å². The summed E-state index contributed by atoms with van der Waals surface area (Å²) in [5, 5.41) is 11.7. The number of carbonyl (C=O) groups excluding carboxylic acids is 3. The normalized spacial score (nSPS) is 13.3. The van der Waals surface area contributed by atoms with E-state index in [2.05, 4.69) is 74.6 Å². The molecule has 0 aromatic heterocycles. The van der Waals surface area contributed by atoms with Gasteiger partial charge in [0, 0.05) is 19.3 Å². The van der Waals surface area contributed by atoms with Crippen LogP contribution in [0.15, 0.2) is 60.8 Å². The van der Waals surface area contributed by atoms with E-state index < -0.39 is 18.1 Å². The number of esters is 2. The first-order valence-electron chi connectivity index (χ1n) is 25.8. The summed E-state index contributed by atoms with van der Waals surface area (Å²) in [7, 11) is 5.40. The number of hydrogen-bond donors (Lipinski definition) is 0. The first-order valence-corrected chi connectivity index (χ1v) is 25.8. The Kier molecular flexibility index (Phi) is 43.4. The minimum Gasteiger partial charge on any atom is -0.544 e. The second-order valence-corrected chi connectivity index (χ2v) is 18.4. The molecule has 0 spiro atoms. The molecule has 364 valence electrons. The fourth-order valence-electron chi connectivity index (χ4n) is 7.34. The van der Waals surface area contributed by atoms with Gasteiger partial charge in [-0.25, -0.2) is 0 Å². The molecule has 2 unspecified atom stereocenters. The Bertz CT molecular complexity index is 1210. The zero-order valence-electron chi connectivity index (χ0n) is 41.5. The van der Waals surface area contributed by atoms with Gasteiger partial charge in [0.05, 0.1) is 40.3 Å². The van der Waals surface area contributed by atoms with Gasteiger partial charge in [0.25, 0.3) is 0 Å². The van der Waals surface area contributed by atoms with Crippen molar-refractivity contribution >= 4 is 17.9 Å². The average molecular weight is 884 g/mol. The third-order valence-corrected chi connectivity index (χ3v) is 11.4. The highest BCUT2D eigenvalue weighted by atomic mass is 16.6. The topological polar surface area (TPSA) is 102 Å². The van der Waals surface area contributed by atoms with Crippen LogP contribution in [0.2, 0.25) is 0 Å². The Morgan fingerprint density at radius 1 is 0.476 bits per heavy atom. The lowest BCUT2D eigenvalue weighted by atomic mass is 10.1. The number of hydrogen-bond acceptors (Lipinski definition) is 7. The van der Waals surface area contributed by atoms with Gasteiger partial charge >= 0.3 is 11.9 Å². The number of carboxylic acids is 1. The Morgan fingerprint density at radius 3 is 1.29 bits per heavy atom. The van der Waals surface area contributed by atoms with Gasteiger partial charge in [0.1, 0.15) is 12.6 Å². The van der Waals surface area contributed by atoms with Crippen molar-refractivity contribution in [2.75, 3.05) is 41.0 Å². The molecule has 0 bridgehead atoms. The molecular weight excluding hydrogens is 787 g/mol. The van der Waals surface area contributed by atoms with E-state index in [0.717, 1.165) is 89.9 Å². The van der Waals surface area contributed by atoms with Crippen LogP contribution in [0.1, 0.15) is 219 Å². The molecular formula is C55H97NO7. The van der Waals surface area contributed by atoms with Gasteiger partial charge in [0.2, 0.25) is 0 Å². The maximum Gasteiger partial charge on any atom is 0.306 e. The van der Waals surface area contributed by atoms with E-state index >= 15 is 0 Å². The van der Waals surface area contributed by atoms with E-state index in [0.29, 0.717) is 12.8 Å². The molecule has 0 N–H and O–H groups in total. The lowest BCUT2D eigenvalue weighted by molar-refractivity contribution is -0.889. The molecule has 8 heteroatoms. The molecule has 0 amide bonds. The summed E-state index contributed by atoms with van der Waals surface area (Å²) in [6, 6.07) is -0.733. The van der Waals surface area contributed by atoms with Crippen molar-refractivity contribution in [1.29, 1.82) is 0 Å². The van der Waals surface area contributed by atoms with E-state index in [-0.39, 0.29) is 42.7 Å². The summed E-state index contributed by atoms with van der Waals surface area (Å²) in [5.74, 6) is -1.77. The molecule has 63 heavy (non-hydrogen) atoms. The first kappa shape index (κ1) is 60.0. The Labute approximate surface area is 388 Å². The van der Waals surface area contributed by atoms with Crippen LogP contribution in [0.5, 0.6) is 0 Å². The van der Waals surface area contributed by atoms with Crippen LogP contribution in [-0.4, -0.2) is 75.5 Å². The predicted octanol–water partition coefficient (Wildman–Crippen LogP) is 13.6. The number of rotatable bonds is 46. The zero-order valence-corrected chi connectivity index (χ0v) is 41.5. The number of nitrogens with zero attached hydrogens (tertiary/aromatic N) is 1. The van der Waals surface area contributed by atoms with E-state index in [9.17, 15) is 19.5 Å². The summed E-state index contributed by atoms with van der Waals surface area (Å²) >= 11 is 0. The monoisotopic (exact) mass is 884 g/mol. The highest BCUT2D eigenvalue weighted by Crippen LogP contribution is 2.14. The maximum atomic E-state index is 12.8. The molecule has 0 aliphatic heterocycles. The summed E-state index contributed by atoms with van der Waals surface area (Å²) in [4.78, 5) is 37.0. The molecule has 0 aliphatic rings. The second kappa shape index (κ2) is 45.6. The molecule has 0 aromatic rings. The Balaban J connectivity index is 4.31. The molecule has 0 rings (SSSR count). The number of unbranched alkanes of at least 4 members (excludes halogenated alkanes) is 22. The standard InChI is InChI=1S/C55H97NO7/c1-6-8-10-12-14-16-18-20-22-24-26-27-28-30-31-33-35-37-39-41-43-45-53(57)62-50-51(49-61-48-47-52(55(59)60)56(3,4)5)63-54(58)46-44-42-40-38-36-34-32-29-25-23-21-19-17-15-13-11-9-7-2/h14,16,20,22,26-27,29-32,51-52H,6-13,15,17-19,21,23-25,28,33-50H2,1-5H3/b16-14+,22-20+,27-26+,31-30+,32-29+. The number of aliphatic carboxylic acids is 1. The SMILES string of the molecule is CCCCC/C=C/C/C=C/C/C=C/C/C=C/CCCCCCCC(=O)OCC(COCCC(C(=O)[O-])[N+](C)(C)C)OC(=O)CCCCCCC/C=C/CCCCCCCCCCC. The van der Waals surface area contributed by atoms with Gasteiger partial charge in [0.15, 0.2) is 6.10 Å². The summed E-state index contributed by atoms with van der Waals surface area (Å²) in [5.41, 5.74) is 0. The van der Waals surface area contributed by atoms with Crippen LogP contribution >= 0.6 is 0 Å². The van der Waals surface area contributed by atoms with Crippen molar-refractivity contribution in [1.82, 2.24) is 0 Å². The molecule has 0 saturated carbocycles. The molecule has 0 heterocycles. The lowest BCUT2D eigenvalue weighted by Crippen LogP contribution is -2.55. The molecule has 8 nitrogen and oxygen atoms in total. The lowest BCUT2D eigenvalue weighted by Gasteiger charge is -2.34. The minimum atomic E-state index is -1.13. The number of carbonyl (C=O) groups is 3. The quantitative estimate of drug-likeness (QED) is 0.0260. The molecule has 0 saturated heterocycles. The largest absolute Gasteiger partial charge is 0.544 e. The van der Waals surface area contributed by atoms with Crippen LogP contribution in [0.4, 0.5) is 0 Å². The smallest absolute Gasteiger partial charge is 0.306 e. The first-order chi connectivity index (χ1) is 30.6. The van der Waals surface area contributed by atoms with Crippen molar-refractivity contribution in [2.45, 2.75) is 231 Å². The zero-order chi connectivity index (χ0) is 46.3. The van der Waals surface area contributed by atoms with Gasteiger partial charge in [-0.1, -0.05) is 177 Å². The summed E-state index contributed by atoms with van der Waals surface area (Å²) < 4.78 is 17.2. The van der Waals surface area contributed by atoms with Crippen molar-refractivity contribution in [2.24, 2.45) is 0 Å². The van der Waals surface area contributed by atoms with Crippen LogP contribution < -0.4 is 5.11 Å². The van der Waals surface area contributed by atoms with Crippen molar-refractivity contribution < 1.29 is 38.2 Å². The molecule has 0 aromatic carbocycles. The minimum absolute atomic E-state index is 0.0298. The van der Waals surface area contributed by atoms with Crippen LogP contribution in [0.25, 0.3) is 0 Å². The van der Waals surface area contributed by atoms with E-state index in [1.54, 1.807) is 21.1 Å². The molecule has 0 radical (unpaired) electrons.